The van der Waals surface area contributed by atoms with E-state index in [0.29, 0.717) is 5.56 Å². The number of rotatable bonds is 2. The first-order valence-electron chi connectivity index (χ1n) is 17.8. The van der Waals surface area contributed by atoms with Crippen molar-refractivity contribution >= 4 is 53.9 Å². The molecule has 0 bridgehead atoms. The highest BCUT2D eigenvalue weighted by Gasteiger charge is 2.21. The highest BCUT2D eigenvalue weighted by Crippen LogP contribution is 2.49. The second-order valence-corrected chi connectivity index (χ2v) is 11.1. The Kier molecular flexibility index (Phi) is 3.40. The summed E-state index contributed by atoms with van der Waals surface area (Å²) in [7, 11) is 0. The minimum Gasteiger partial charge on any atom is -0.456 e. The Morgan fingerprint density at radius 1 is 0.395 bits per heavy atom. The van der Waals surface area contributed by atoms with Crippen molar-refractivity contribution in [1.82, 2.24) is 0 Å². The maximum Gasteiger partial charge on any atom is 0.135 e. The molecule has 0 saturated carbocycles. The third-order valence-electron chi connectivity index (χ3n) is 8.91. The molecule has 43 heavy (non-hydrogen) atoms. The van der Waals surface area contributed by atoms with Crippen molar-refractivity contribution in [3.05, 3.63) is 145 Å². The second-order valence-electron chi connectivity index (χ2n) is 11.1. The van der Waals surface area contributed by atoms with Gasteiger partial charge in [-0.25, -0.2) is 0 Å². The van der Waals surface area contributed by atoms with Gasteiger partial charge in [-0.15, -0.1) is 0 Å². The molecule has 1 aliphatic rings. The third-order valence-corrected chi connectivity index (χ3v) is 8.91. The lowest BCUT2D eigenvalue weighted by molar-refractivity contribution is 0.487. The second kappa shape index (κ2) is 8.44. The lowest BCUT2D eigenvalue weighted by atomic mass is 9.86. The lowest BCUT2D eigenvalue weighted by Crippen LogP contribution is -1.97. The number of hydrogen-bond acceptors (Lipinski definition) is 1. The topological polar surface area (TPSA) is 9.23 Å². The molecule has 9 aromatic rings. The van der Waals surface area contributed by atoms with E-state index in [-0.39, 0.29) is 46.5 Å². The van der Waals surface area contributed by atoms with Gasteiger partial charge in [-0.1, -0.05) is 127 Å². The van der Waals surface area contributed by atoms with E-state index < -0.39 is 12.1 Å². The van der Waals surface area contributed by atoms with E-state index in [1.165, 1.54) is 0 Å². The Morgan fingerprint density at radius 2 is 1.09 bits per heavy atom. The number of ether oxygens (including phenoxy) is 1. The zero-order valence-corrected chi connectivity index (χ0v) is 22.7. The highest BCUT2D eigenvalue weighted by atomic mass is 16.5. The first-order valence-corrected chi connectivity index (χ1v) is 14.3. The molecule has 1 nitrogen and oxygen atoms in total. The van der Waals surface area contributed by atoms with Crippen LogP contribution in [0, 0.1) is 0 Å². The van der Waals surface area contributed by atoms with Crippen LogP contribution in [0.3, 0.4) is 0 Å². The summed E-state index contributed by atoms with van der Waals surface area (Å²) < 4.78 is 66.7. The van der Waals surface area contributed by atoms with Crippen molar-refractivity contribution in [3.8, 4) is 44.9 Å². The number of fused-ring (bicyclic) bond motifs is 3. The molecule has 0 atom stereocenters. The zero-order chi connectivity index (χ0) is 34.2. The van der Waals surface area contributed by atoms with Crippen LogP contribution in [0.15, 0.2) is 145 Å². The van der Waals surface area contributed by atoms with E-state index in [0.717, 1.165) is 76.8 Å². The summed E-state index contributed by atoms with van der Waals surface area (Å²) in [5, 5.41) is 8.16. The van der Waals surface area contributed by atoms with Crippen molar-refractivity contribution in [3.63, 3.8) is 0 Å². The van der Waals surface area contributed by atoms with E-state index in [2.05, 4.69) is 60.7 Å². The predicted molar refractivity (Wildman–Crippen MR) is 182 cm³/mol. The fourth-order valence-electron chi connectivity index (χ4n) is 7.02. The lowest BCUT2D eigenvalue weighted by Gasteiger charge is -2.22. The molecule has 10 rings (SSSR count). The molecule has 0 radical (unpaired) electrons. The molecule has 1 heterocycles. The van der Waals surface area contributed by atoms with Crippen LogP contribution < -0.4 is 4.74 Å². The van der Waals surface area contributed by atoms with Crippen LogP contribution in [0.1, 0.15) is 9.60 Å². The van der Waals surface area contributed by atoms with Gasteiger partial charge in [0.1, 0.15) is 11.5 Å². The summed E-state index contributed by atoms with van der Waals surface area (Å²) in [6.07, 6.45) is 0. The van der Waals surface area contributed by atoms with Crippen molar-refractivity contribution < 1.29 is 14.3 Å². The summed E-state index contributed by atoms with van der Waals surface area (Å²) in [5.74, 6) is 1.66. The first-order chi connectivity index (χ1) is 24.2. The SMILES string of the molecule is [2H]c1c([2H])c([2H])c2c(-c3ccc4ccc5c(-c6ccc7c(c6)-c6cccc8cccc(c68)O7)ccc6ccc3c4c65)c([2H])c([2H])c([2H])c2c1[2H]. The van der Waals surface area contributed by atoms with Gasteiger partial charge < -0.3 is 4.74 Å². The summed E-state index contributed by atoms with van der Waals surface area (Å²) in [4.78, 5) is 0. The van der Waals surface area contributed by atoms with Crippen LogP contribution in [-0.4, -0.2) is 0 Å². The number of benzene rings is 9. The highest BCUT2D eigenvalue weighted by molar-refractivity contribution is 6.28. The molecule has 0 fully saturated rings. The minimum atomic E-state index is -0.461. The molecule has 1 aliphatic heterocycles. The smallest absolute Gasteiger partial charge is 0.135 e. The molecule has 9 aromatic carbocycles. The maximum atomic E-state index is 9.02. The summed E-state index contributed by atoms with van der Waals surface area (Å²) in [5.41, 5.74) is 5.08. The van der Waals surface area contributed by atoms with Gasteiger partial charge in [-0.3, -0.25) is 0 Å². The van der Waals surface area contributed by atoms with Gasteiger partial charge in [0.2, 0.25) is 0 Å². The van der Waals surface area contributed by atoms with E-state index in [9.17, 15) is 0 Å². The van der Waals surface area contributed by atoms with Crippen molar-refractivity contribution in [2.24, 2.45) is 0 Å². The molecule has 0 unspecified atom stereocenters. The van der Waals surface area contributed by atoms with Gasteiger partial charge >= 0.3 is 0 Å². The fourth-order valence-corrected chi connectivity index (χ4v) is 7.02. The van der Waals surface area contributed by atoms with Crippen LogP contribution in [0.5, 0.6) is 11.5 Å². The first kappa shape index (κ1) is 17.3. The Bertz CT molecular complexity index is 2970. The summed E-state index contributed by atoms with van der Waals surface area (Å²) in [6.45, 7) is 0. The van der Waals surface area contributed by atoms with Crippen LogP contribution in [0.25, 0.3) is 87.2 Å². The van der Waals surface area contributed by atoms with E-state index in [1.807, 2.05) is 42.5 Å². The summed E-state index contributed by atoms with van der Waals surface area (Å²) >= 11 is 0. The molecule has 0 N–H and O–H groups in total. The van der Waals surface area contributed by atoms with Gasteiger partial charge in [0.15, 0.2) is 0 Å². The zero-order valence-electron chi connectivity index (χ0n) is 29.7. The van der Waals surface area contributed by atoms with Gasteiger partial charge in [0.05, 0.1) is 9.60 Å². The Labute approximate surface area is 258 Å². The molecule has 1 heteroatoms. The average Bonchev–Trinajstić information content (AvgIpc) is 3.14. The van der Waals surface area contributed by atoms with E-state index >= 15 is 0 Å². The molecule has 0 amide bonds. The largest absolute Gasteiger partial charge is 0.456 e. The van der Waals surface area contributed by atoms with Crippen molar-refractivity contribution in [2.45, 2.75) is 0 Å². The van der Waals surface area contributed by atoms with Gasteiger partial charge in [-0.2, -0.15) is 0 Å². The van der Waals surface area contributed by atoms with Crippen LogP contribution in [0.2, 0.25) is 0 Å². The Balaban J connectivity index is 1.25. The summed E-state index contributed by atoms with van der Waals surface area (Å²) in [6, 6.07) is 32.5. The van der Waals surface area contributed by atoms with Crippen LogP contribution in [-0.2, 0) is 0 Å². The molecular weight excluding hydrogens is 520 g/mol. The van der Waals surface area contributed by atoms with Crippen molar-refractivity contribution in [2.75, 3.05) is 0 Å². The maximum absolute atomic E-state index is 9.02. The standard InChI is InChI=1S/C42H24O/c1-2-10-30-25(6-1)7-3-11-32(30)33-20-15-28-16-21-35-31(19-14-27-17-22-36(33)42(28)41(27)35)29-18-23-38-37(24-29)34-12-4-8-26-9-5-13-39(43-38)40(26)34/h1-24H/i1D,2D,3D,6D,7D,10D,11D. The minimum absolute atomic E-state index is 0.0466. The number of hydrogen-bond donors (Lipinski definition) is 0. The molecular formula is C42H24O. The molecule has 0 aliphatic carbocycles. The molecule has 0 spiro atoms. The Hall–Kier alpha value is -5.66. The Morgan fingerprint density at radius 3 is 1.95 bits per heavy atom. The predicted octanol–water partition coefficient (Wildman–Crippen LogP) is 12.0. The van der Waals surface area contributed by atoms with Gasteiger partial charge in [-0.05, 0) is 94.5 Å². The van der Waals surface area contributed by atoms with Crippen LogP contribution in [0.4, 0.5) is 0 Å². The normalized spacial score (nSPS) is 14.7. The quantitative estimate of drug-likeness (QED) is 0.194. The van der Waals surface area contributed by atoms with Gasteiger partial charge in [0, 0.05) is 10.9 Å². The molecule has 0 aromatic heterocycles. The molecule has 0 saturated heterocycles. The third kappa shape index (κ3) is 3.17. The molecule has 198 valence electrons. The average molecular weight is 552 g/mol. The van der Waals surface area contributed by atoms with Gasteiger partial charge in [0.25, 0.3) is 0 Å². The fraction of sp³-hybridized carbons (Fsp3) is 0. The van der Waals surface area contributed by atoms with Crippen molar-refractivity contribution in [1.29, 1.82) is 0 Å². The van der Waals surface area contributed by atoms with E-state index in [4.69, 9.17) is 14.3 Å². The van der Waals surface area contributed by atoms with E-state index in [1.54, 1.807) is 0 Å². The monoisotopic (exact) mass is 551 g/mol. The van der Waals surface area contributed by atoms with Crippen LogP contribution >= 0.6 is 0 Å².